The Bertz CT molecular complexity index is 341. The molecule has 0 aliphatic heterocycles. The van der Waals surface area contributed by atoms with Gasteiger partial charge in [-0.25, -0.2) is 0 Å². The summed E-state index contributed by atoms with van der Waals surface area (Å²) in [4.78, 5) is 0. The number of hydrogen-bond acceptors (Lipinski definition) is 2. The maximum absolute atomic E-state index is 12.0. The van der Waals surface area contributed by atoms with Crippen LogP contribution in [0.2, 0.25) is 0 Å². The van der Waals surface area contributed by atoms with Crippen molar-refractivity contribution in [1.29, 1.82) is 0 Å². The van der Waals surface area contributed by atoms with Crippen LogP contribution in [-0.2, 0) is 0 Å². The lowest BCUT2D eigenvalue weighted by molar-refractivity contribution is 0.288. The van der Waals surface area contributed by atoms with Crippen LogP contribution in [0.1, 0.15) is 37.4 Å². The van der Waals surface area contributed by atoms with Crippen LogP contribution >= 0.6 is 0 Å². The zero-order chi connectivity index (χ0) is 12.7. The van der Waals surface area contributed by atoms with Crippen molar-refractivity contribution in [2.45, 2.75) is 33.2 Å². The standard InChI is InChI=1S/C14H22FNO/c1-4-16-12(3)13-6-7-14(11(2)10-13)17-9-5-8-15/h6-7,10,12,16H,4-5,8-9H2,1-3H3. The second kappa shape index (κ2) is 7.28. The van der Waals surface area contributed by atoms with Crippen LogP contribution in [0.15, 0.2) is 18.2 Å². The number of halogens is 1. The molecule has 0 heterocycles. The molecule has 1 N–H and O–H groups in total. The Kier molecular flexibility index (Phi) is 5.98. The van der Waals surface area contributed by atoms with E-state index in [0.717, 1.165) is 17.9 Å². The fourth-order valence-corrected chi connectivity index (χ4v) is 1.76. The predicted molar refractivity (Wildman–Crippen MR) is 69.4 cm³/mol. The molecule has 17 heavy (non-hydrogen) atoms. The molecule has 1 atom stereocenters. The summed E-state index contributed by atoms with van der Waals surface area (Å²) in [5.74, 6) is 0.853. The SMILES string of the molecule is CCNC(C)c1ccc(OCCCF)c(C)c1. The molecule has 0 bridgehead atoms. The molecule has 1 aromatic carbocycles. The molecule has 1 unspecified atom stereocenters. The number of alkyl halides is 1. The highest BCUT2D eigenvalue weighted by atomic mass is 19.1. The molecule has 1 rings (SSSR count). The summed E-state index contributed by atoms with van der Waals surface area (Å²) in [6.45, 7) is 7.33. The summed E-state index contributed by atoms with van der Waals surface area (Å²) in [7, 11) is 0. The molecule has 0 fully saturated rings. The van der Waals surface area contributed by atoms with Crippen molar-refractivity contribution in [3.05, 3.63) is 29.3 Å². The average molecular weight is 239 g/mol. The van der Waals surface area contributed by atoms with E-state index in [9.17, 15) is 4.39 Å². The molecule has 0 saturated carbocycles. The first-order valence-electron chi connectivity index (χ1n) is 6.21. The largest absolute Gasteiger partial charge is 0.493 e. The van der Waals surface area contributed by atoms with Gasteiger partial charge in [-0.1, -0.05) is 19.1 Å². The molecular weight excluding hydrogens is 217 g/mol. The van der Waals surface area contributed by atoms with E-state index in [1.165, 1.54) is 5.56 Å². The zero-order valence-electron chi connectivity index (χ0n) is 10.9. The quantitative estimate of drug-likeness (QED) is 0.736. The molecule has 0 amide bonds. The van der Waals surface area contributed by atoms with E-state index in [-0.39, 0.29) is 6.67 Å². The zero-order valence-corrected chi connectivity index (χ0v) is 10.9. The van der Waals surface area contributed by atoms with Gasteiger partial charge in [0.25, 0.3) is 0 Å². The summed E-state index contributed by atoms with van der Waals surface area (Å²) in [6, 6.07) is 6.50. The molecule has 96 valence electrons. The number of ether oxygens (including phenoxy) is 1. The first-order valence-corrected chi connectivity index (χ1v) is 6.21. The minimum absolute atomic E-state index is 0.325. The van der Waals surface area contributed by atoms with Crippen molar-refractivity contribution >= 4 is 0 Å². The second-order valence-corrected chi connectivity index (χ2v) is 4.20. The smallest absolute Gasteiger partial charge is 0.122 e. The van der Waals surface area contributed by atoms with Crippen molar-refractivity contribution in [3.8, 4) is 5.75 Å². The molecule has 3 heteroatoms. The maximum Gasteiger partial charge on any atom is 0.122 e. The Morgan fingerprint density at radius 2 is 2.18 bits per heavy atom. The van der Waals surface area contributed by atoms with Gasteiger partial charge in [0.2, 0.25) is 0 Å². The predicted octanol–water partition coefficient (Wildman–Crippen LogP) is 3.40. The van der Waals surface area contributed by atoms with Gasteiger partial charge in [0.05, 0.1) is 13.3 Å². The van der Waals surface area contributed by atoms with E-state index < -0.39 is 0 Å². The van der Waals surface area contributed by atoms with E-state index in [1.807, 2.05) is 13.0 Å². The summed E-state index contributed by atoms with van der Waals surface area (Å²) in [5.41, 5.74) is 2.35. The normalized spacial score (nSPS) is 12.5. The van der Waals surface area contributed by atoms with Crippen LogP contribution in [-0.4, -0.2) is 19.8 Å². The fraction of sp³-hybridized carbons (Fsp3) is 0.571. The molecule has 0 radical (unpaired) electrons. The molecular formula is C14H22FNO. The van der Waals surface area contributed by atoms with Crippen molar-refractivity contribution in [3.63, 3.8) is 0 Å². The summed E-state index contributed by atoms with van der Waals surface area (Å²) in [6.07, 6.45) is 0.453. The Morgan fingerprint density at radius 1 is 1.41 bits per heavy atom. The minimum Gasteiger partial charge on any atom is -0.493 e. The van der Waals surface area contributed by atoms with E-state index in [4.69, 9.17) is 4.74 Å². The Hall–Kier alpha value is -1.09. The third-order valence-electron chi connectivity index (χ3n) is 2.74. The highest BCUT2D eigenvalue weighted by Crippen LogP contribution is 2.22. The topological polar surface area (TPSA) is 21.3 Å². The highest BCUT2D eigenvalue weighted by molar-refractivity contribution is 5.37. The monoisotopic (exact) mass is 239 g/mol. The number of hydrogen-bond donors (Lipinski definition) is 1. The highest BCUT2D eigenvalue weighted by Gasteiger charge is 2.06. The molecule has 0 aliphatic carbocycles. The summed E-state index contributed by atoms with van der Waals surface area (Å²) >= 11 is 0. The van der Waals surface area contributed by atoms with E-state index >= 15 is 0 Å². The van der Waals surface area contributed by atoms with Crippen LogP contribution in [0.4, 0.5) is 4.39 Å². The van der Waals surface area contributed by atoms with E-state index in [2.05, 4.69) is 31.3 Å². The number of aryl methyl sites for hydroxylation is 1. The van der Waals surface area contributed by atoms with Gasteiger partial charge >= 0.3 is 0 Å². The first kappa shape index (κ1) is 14.0. The van der Waals surface area contributed by atoms with Crippen molar-refractivity contribution in [1.82, 2.24) is 5.32 Å². The van der Waals surface area contributed by atoms with Gasteiger partial charge in [0.15, 0.2) is 0 Å². The third-order valence-corrected chi connectivity index (χ3v) is 2.74. The molecule has 2 nitrogen and oxygen atoms in total. The van der Waals surface area contributed by atoms with Crippen LogP contribution in [0.25, 0.3) is 0 Å². The third kappa shape index (κ3) is 4.35. The second-order valence-electron chi connectivity index (χ2n) is 4.20. The van der Waals surface area contributed by atoms with Crippen LogP contribution < -0.4 is 10.1 Å². The Balaban J connectivity index is 2.65. The molecule has 0 aromatic heterocycles. The van der Waals surface area contributed by atoms with E-state index in [0.29, 0.717) is 19.1 Å². The summed E-state index contributed by atoms with van der Waals surface area (Å²) in [5, 5.41) is 3.37. The molecule has 0 spiro atoms. The Morgan fingerprint density at radius 3 is 2.76 bits per heavy atom. The van der Waals surface area contributed by atoms with Crippen LogP contribution in [0.3, 0.4) is 0 Å². The van der Waals surface area contributed by atoms with Gasteiger partial charge in [-0.3, -0.25) is 4.39 Å². The molecule has 0 saturated heterocycles. The Labute approximate surface area is 103 Å². The lowest BCUT2D eigenvalue weighted by Gasteiger charge is -2.15. The molecule has 1 aromatic rings. The molecule has 0 aliphatic rings. The number of benzene rings is 1. The van der Waals surface area contributed by atoms with Gasteiger partial charge in [-0.15, -0.1) is 0 Å². The van der Waals surface area contributed by atoms with E-state index in [1.54, 1.807) is 0 Å². The van der Waals surface area contributed by atoms with Gasteiger partial charge in [-0.05, 0) is 37.6 Å². The first-order chi connectivity index (χ1) is 8.19. The minimum atomic E-state index is -0.325. The lowest BCUT2D eigenvalue weighted by Crippen LogP contribution is -2.17. The van der Waals surface area contributed by atoms with Crippen molar-refractivity contribution in [2.24, 2.45) is 0 Å². The van der Waals surface area contributed by atoms with Crippen molar-refractivity contribution in [2.75, 3.05) is 19.8 Å². The maximum atomic E-state index is 12.0. The average Bonchev–Trinajstić information content (AvgIpc) is 2.31. The van der Waals surface area contributed by atoms with Crippen molar-refractivity contribution < 1.29 is 9.13 Å². The van der Waals surface area contributed by atoms with Gasteiger partial charge in [0, 0.05) is 12.5 Å². The summed E-state index contributed by atoms with van der Waals surface area (Å²) < 4.78 is 17.5. The fourth-order valence-electron chi connectivity index (χ4n) is 1.76. The number of nitrogens with one attached hydrogen (secondary N) is 1. The van der Waals surface area contributed by atoms with Gasteiger partial charge < -0.3 is 10.1 Å². The lowest BCUT2D eigenvalue weighted by atomic mass is 10.1. The van der Waals surface area contributed by atoms with Gasteiger partial charge in [-0.2, -0.15) is 0 Å². The number of rotatable bonds is 7. The van der Waals surface area contributed by atoms with Crippen LogP contribution in [0, 0.1) is 6.92 Å². The van der Waals surface area contributed by atoms with Gasteiger partial charge in [0.1, 0.15) is 5.75 Å². The van der Waals surface area contributed by atoms with Crippen LogP contribution in [0.5, 0.6) is 5.75 Å².